The van der Waals surface area contributed by atoms with Crippen LogP contribution in [0.4, 0.5) is 0 Å². The van der Waals surface area contributed by atoms with Gasteiger partial charge in [-0.1, -0.05) is 32.9 Å². The lowest BCUT2D eigenvalue weighted by Crippen LogP contribution is -2.59. The molecule has 17 heteroatoms. The molecule has 1 aromatic rings. The molecule has 9 N–H and O–H groups in total. The molecule has 1 fully saturated rings. The average Bonchev–Trinajstić information content (AvgIpc) is 3.49. The Morgan fingerprint density at radius 1 is 0.812 bits per heavy atom. The lowest BCUT2D eigenvalue weighted by Gasteiger charge is -2.31. The van der Waals surface area contributed by atoms with Crippen LogP contribution >= 0.6 is 0 Å². The third-order valence-corrected chi connectivity index (χ3v) is 7.80. The number of carbonyl (C=O) groups is 8. The Morgan fingerprint density at radius 3 is 1.94 bits per heavy atom. The first kappa shape index (κ1) is 39.0. The number of carboxylic acid groups (broad SMARTS) is 2. The zero-order valence-electron chi connectivity index (χ0n) is 27.2. The van der Waals surface area contributed by atoms with Gasteiger partial charge in [0.05, 0.1) is 12.8 Å². The maximum atomic E-state index is 13.6. The van der Waals surface area contributed by atoms with Crippen LogP contribution in [0.2, 0.25) is 0 Å². The first-order valence-electron chi connectivity index (χ1n) is 15.4. The number of aromatic hydroxyl groups is 1. The second kappa shape index (κ2) is 17.6. The fraction of sp³-hybridized carbons (Fsp3) is 0.548. The minimum Gasteiger partial charge on any atom is -0.508 e. The lowest BCUT2D eigenvalue weighted by molar-refractivity contribution is -0.145. The van der Waals surface area contributed by atoms with Gasteiger partial charge in [-0.05, 0) is 43.4 Å². The molecule has 6 atom stereocenters. The van der Waals surface area contributed by atoms with Crippen molar-refractivity contribution in [2.24, 2.45) is 17.6 Å². The van der Waals surface area contributed by atoms with Gasteiger partial charge in [0.25, 0.3) is 0 Å². The molecule has 2 rings (SSSR count). The summed E-state index contributed by atoms with van der Waals surface area (Å²) in [5.74, 6) is -8.86. The Kier molecular flexibility index (Phi) is 14.3. The number of nitrogens with one attached hydrogen (secondary N) is 4. The van der Waals surface area contributed by atoms with Gasteiger partial charge in [0.2, 0.25) is 35.4 Å². The predicted octanol–water partition coefficient (Wildman–Crippen LogP) is -1.39. The molecule has 1 aliphatic heterocycles. The summed E-state index contributed by atoms with van der Waals surface area (Å²) in [5, 5.41) is 37.9. The maximum Gasteiger partial charge on any atom is 0.305 e. The van der Waals surface area contributed by atoms with Crippen molar-refractivity contribution in [2.45, 2.75) is 90.0 Å². The third kappa shape index (κ3) is 11.5. The van der Waals surface area contributed by atoms with Gasteiger partial charge in [0, 0.05) is 18.9 Å². The summed E-state index contributed by atoms with van der Waals surface area (Å²) < 4.78 is 0. The van der Waals surface area contributed by atoms with Crippen molar-refractivity contribution in [1.82, 2.24) is 26.2 Å². The molecule has 6 amide bonds. The fourth-order valence-corrected chi connectivity index (χ4v) is 5.03. The van der Waals surface area contributed by atoms with Crippen LogP contribution in [-0.4, -0.2) is 104 Å². The van der Waals surface area contributed by atoms with Crippen LogP contribution < -0.4 is 27.0 Å². The van der Waals surface area contributed by atoms with Crippen LogP contribution in [0.3, 0.4) is 0 Å². The normalized spacial score (nSPS) is 17.3. The van der Waals surface area contributed by atoms with Crippen LogP contribution in [0, 0.1) is 11.8 Å². The molecular formula is C31H44N6O11. The van der Waals surface area contributed by atoms with Gasteiger partial charge in [0.15, 0.2) is 0 Å². The molecule has 0 bridgehead atoms. The number of primary amides is 1. The number of carboxylic acids is 2. The van der Waals surface area contributed by atoms with Crippen molar-refractivity contribution in [3.8, 4) is 5.75 Å². The van der Waals surface area contributed by atoms with E-state index in [1.165, 1.54) is 43.0 Å². The van der Waals surface area contributed by atoms with E-state index in [1.807, 2.05) is 0 Å². The number of nitrogens with two attached hydrogens (primary N) is 1. The number of aliphatic carboxylic acids is 2. The van der Waals surface area contributed by atoms with Crippen molar-refractivity contribution in [2.75, 3.05) is 6.54 Å². The summed E-state index contributed by atoms with van der Waals surface area (Å²) in [4.78, 5) is 102. The van der Waals surface area contributed by atoms with Gasteiger partial charge >= 0.3 is 11.9 Å². The summed E-state index contributed by atoms with van der Waals surface area (Å²) in [5.41, 5.74) is 5.73. The van der Waals surface area contributed by atoms with E-state index in [4.69, 9.17) is 10.8 Å². The molecule has 0 radical (unpaired) electrons. The molecule has 0 saturated carbocycles. The molecule has 48 heavy (non-hydrogen) atoms. The van der Waals surface area contributed by atoms with Crippen LogP contribution in [0.25, 0.3) is 0 Å². The number of likely N-dealkylation sites (tertiary alicyclic amines) is 1. The monoisotopic (exact) mass is 676 g/mol. The quantitative estimate of drug-likeness (QED) is 0.0951. The highest BCUT2D eigenvalue weighted by Crippen LogP contribution is 2.21. The molecule has 1 saturated heterocycles. The molecule has 0 spiro atoms. The Labute approximate surface area is 277 Å². The van der Waals surface area contributed by atoms with E-state index in [9.17, 15) is 48.6 Å². The Morgan fingerprint density at radius 2 is 1.40 bits per heavy atom. The molecule has 17 nitrogen and oxygen atoms in total. The van der Waals surface area contributed by atoms with E-state index < -0.39 is 102 Å². The number of rotatable bonds is 17. The molecule has 264 valence electrons. The number of carbonyl (C=O) groups excluding carboxylic acids is 6. The Hall–Kier alpha value is -5.22. The lowest BCUT2D eigenvalue weighted by atomic mass is 10.00. The molecule has 0 aromatic heterocycles. The zero-order chi connectivity index (χ0) is 36.3. The Bertz CT molecular complexity index is 1380. The summed E-state index contributed by atoms with van der Waals surface area (Å²) in [6.07, 6.45) is -0.913. The van der Waals surface area contributed by atoms with Crippen molar-refractivity contribution < 1.29 is 53.7 Å². The number of nitrogens with zero attached hydrogens (tertiary/aromatic N) is 1. The van der Waals surface area contributed by atoms with Crippen LogP contribution in [0.15, 0.2) is 24.3 Å². The summed E-state index contributed by atoms with van der Waals surface area (Å²) in [6, 6.07) is -0.697. The minimum absolute atomic E-state index is 0.0512. The number of benzene rings is 1. The summed E-state index contributed by atoms with van der Waals surface area (Å²) >= 11 is 0. The molecule has 1 aliphatic rings. The van der Waals surface area contributed by atoms with E-state index >= 15 is 0 Å². The minimum atomic E-state index is -1.69. The second-order valence-corrected chi connectivity index (χ2v) is 12.1. The largest absolute Gasteiger partial charge is 0.508 e. The highest BCUT2D eigenvalue weighted by atomic mass is 16.4. The molecule has 1 aromatic carbocycles. The van der Waals surface area contributed by atoms with Gasteiger partial charge in [-0.25, -0.2) is 0 Å². The Balaban J connectivity index is 2.26. The highest BCUT2D eigenvalue weighted by Gasteiger charge is 2.40. The summed E-state index contributed by atoms with van der Waals surface area (Å²) in [6.45, 7) is 6.19. The summed E-state index contributed by atoms with van der Waals surface area (Å²) in [7, 11) is 0. The zero-order valence-corrected chi connectivity index (χ0v) is 27.2. The van der Waals surface area contributed by atoms with E-state index in [1.54, 1.807) is 13.8 Å². The number of phenolic OH excluding ortho intramolecular Hbond substituents is 1. The van der Waals surface area contributed by atoms with Crippen molar-refractivity contribution in [3.05, 3.63) is 29.8 Å². The van der Waals surface area contributed by atoms with E-state index in [2.05, 4.69) is 21.3 Å². The van der Waals surface area contributed by atoms with Gasteiger partial charge in [0.1, 0.15) is 36.0 Å². The topological polar surface area (TPSA) is 275 Å². The highest BCUT2D eigenvalue weighted by molar-refractivity contribution is 5.98. The third-order valence-electron chi connectivity index (χ3n) is 7.80. The van der Waals surface area contributed by atoms with Crippen molar-refractivity contribution >= 4 is 47.4 Å². The van der Waals surface area contributed by atoms with Gasteiger partial charge < -0.3 is 47.2 Å². The number of phenols is 1. The second-order valence-electron chi connectivity index (χ2n) is 12.1. The molecule has 0 aliphatic carbocycles. The smallest absolute Gasteiger partial charge is 0.305 e. The molecule has 6 unspecified atom stereocenters. The van der Waals surface area contributed by atoms with Crippen LogP contribution in [0.5, 0.6) is 5.75 Å². The van der Waals surface area contributed by atoms with Crippen LogP contribution in [0.1, 0.15) is 58.9 Å². The van der Waals surface area contributed by atoms with Crippen molar-refractivity contribution in [1.29, 1.82) is 0 Å². The average molecular weight is 677 g/mol. The van der Waals surface area contributed by atoms with Gasteiger partial charge in [-0.2, -0.15) is 0 Å². The molecular weight excluding hydrogens is 632 g/mol. The van der Waals surface area contributed by atoms with Gasteiger partial charge in [-0.15, -0.1) is 0 Å². The fourth-order valence-electron chi connectivity index (χ4n) is 5.03. The molecule has 1 heterocycles. The van der Waals surface area contributed by atoms with Gasteiger partial charge in [-0.3, -0.25) is 38.4 Å². The standard InChI is InChI=1S/C31H44N6O11/c1-15(2)25(36-27(44)16(3)12-23(39)40)31(48)37-11-5-6-22(37)30(47)35-21(14-24(41)42)29(46)34-20(28(45)33-17(4)26(32)43)13-18-7-9-19(38)10-8-18/h7-10,15-17,20-22,25,38H,5-6,11-14H2,1-4H3,(H2,32,43)(H,33,45)(H,34,46)(H,35,47)(H,36,44)(H,39,40)(H,41,42). The van der Waals surface area contributed by atoms with Crippen molar-refractivity contribution in [3.63, 3.8) is 0 Å². The number of hydrogen-bond acceptors (Lipinski definition) is 9. The first-order valence-corrected chi connectivity index (χ1v) is 15.4. The SMILES string of the molecule is CC(CC(=O)O)C(=O)NC(C(=O)N1CCCC1C(=O)NC(CC(=O)O)C(=O)NC(Cc1ccc(O)cc1)C(=O)NC(C)C(N)=O)C(C)C. The maximum absolute atomic E-state index is 13.6. The van der Waals surface area contributed by atoms with E-state index in [0.717, 1.165) is 0 Å². The van der Waals surface area contributed by atoms with Crippen LogP contribution in [-0.2, 0) is 44.8 Å². The van der Waals surface area contributed by atoms with E-state index in [0.29, 0.717) is 12.0 Å². The predicted molar refractivity (Wildman–Crippen MR) is 168 cm³/mol. The number of amides is 6. The first-order chi connectivity index (χ1) is 22.4. The van der Waals surface area contributed by atoms with E-state index in [-0.39, 0.29) is 25.1 Å². The number of hydrogen-bond donors (Lipinski definition) is 8.